The lowest BCUT2D eigenvalue weighted by molar-refractivity contribution is 0.0821. The first kappa shape index (κ1) is 9.77. The summed E-state index contributed by atoms with van der Waals surface area (Å²) in [7, 11) is 0. The lowest BCUT2D eigenvalue weighted by atomic mass is 9.93. The van der Waals surface area contributed by atoms with Crippen molar-refractivity contribution >= 4 is 6.03 Å². The second-order valence-corrected chi connectivity index (χ2v) is 4.32. The van der Waals surface area contributed by atoms with Crippen molar-refractivity contribution in [2.75, 3.05) is 13.1 Å². The molecule has 0 aromatic rings. The summed E-state index contributed by atoms with van der Waals surface area (Å²) in [4.78, 5) is 13.4. The zero-order chi connectivity index (χ0) is 9.97. The molecule has 1 atom stereocenters. The molecule has 1 saturated carbocycles. The van der Waals surface area contributed by atoms with E-state index in [0.29, 0.717) is 12.6 Å². The summed E-state index contributed by atoms with van der Waals surface area (Å²) in [6, 6.07) is 0.398. The molecule has 2 amide bonds. The molecule has 0 unspecified atom stereocenters. The van der Waals surface area contributed by atoms with Crippen molar-refractivity contribution in [3.8, 4) is 0 Å². The zero-order valence-electron chi connectivity index (χ0n) is 8.41. The second kappa shape index (κ2) is 4.17. The molecule has 0 aromatic heterocycles. The van der Waals surface area contributed by atoms with Crippen LogP contribution in [0.25, 0.3) is 0 Å². The van der Waals surface area contributed by atoms with E-state index in [9.17, 15) is 9.90 Å². The van der Waals surface area contributed by atoms with Crippen molar-refractivity contribution in [1.29, 1.82) is 0 Å². The molecule has 14 heavy (non-hydrogen) atoms. The van der Waals surface area contributed by atoms with Gasteiger partial charge in [0.05, 0.1) is 6.10 Å². The SMILES string of the molecule is O=C(NC1CCC1)N1CCC[C@H](O)C1. The number of nitrogens with one attached hydrogen (secondary N) is 1. The Morgan fingerprint density at radius 2 is 2.07 bits per heavy atom. The van der Waals surface area contributed by atoms with Crippen molar-refractivity contribution in [2.24, 2.45) is 0 Å². The molecule has 0 radical (unpaired) electrons. The fourth-order valence-corrected chi connectivity index (χ4v) is 1.96. The molecular weight excluding hydrogens is 180 g/mol. The van der Waals surface area contributed by atoms with E-state index in [0.717, 1.165) is 32.2 Å². The molecule has 0 bridgehead atoms. The largest absolute Gasteiger partial charge is 0.391 e. The molecule has 2 rings (SSSR count). The predicted molar refractivity (Wildman–Crippen MR) is 53.0 cm³/mol. The third-order valence-corrected chi connectivity index (χ3v) is 3.12. The Kier molecular flexibility index (Phi) is 2.91. The van der Waals surface area contributed by atoms with E-state index in [2.05, 4.69) is 5.32 Å². The van der Waals surface area contributed by atoms with Crippen LogP contribution < -0.4 is 5.32 Å². The van der Waals surface area contributed by atoms with Gasteiger partial charge in [0.2, 0.25) is 0 Å². The zero-order valence-corrected chi connectivity index (χ0v) is 8.41. The van der Waals surface area contributed by atoms with Gasteiger partial charge in [0.25, 0.3) is 0 Å². The van der Waals surface area contributed by atoms with E-state index in [1.807, 2.05) is 0 Å². The molecule has 0 spiro atoms. The molecule has 4 nitrogen and oxygen atoms in total. The van der Waals surface area contributed by atoms with Crippen LogP contribution in [0.4, 0.5) is 4.79 Å². The number of piperidine rings is 1. The molecule has 4 heteroatoms. The number of likely N-dealkylation sites (tertiary alicyclic amines) is 1. The van der Waals surface area contributed by atoms with Gasteiger partial charge in [0.15, 0.2) is 0 Å². The van der Waals surface area contributed by atoms with E-state index in [1.165, 1.54) is 6.42 Å². The average Bonchev–Trinajstić information content (AvgIpc) is 2.11. The number of nitrogens with zero attached hydrogens (tertiary/aromatic N) is 1. The van der Waals surface area contributed by atoms with Crippen LogP contribution in [0.15, 0.2) is 0 Å². The molecule has 1 aliphatic carbocycles. The highest BCUT2D eigenvalue weighted by Gasteiger charge is 2.25. The van der Waals surface area contributed by atoms with Crippen molar-refractivity contribution in [1.82, 2.24) is 10.2 Å². The summed E-state index contributed by atoms with van der Waals surface area (Å²) in [5.41, 5.74) is 0. The summed E-state index contributed by atoms with van der Waals surface area (Å²) in [6.07, 6.45) is 4.88. The van der Waals surface area contributed by atoms with Gasteiger partial charge >= 0.3 is 6.03 Å². The minimum Gasteiger partial charge on any atom is -0.391 e. The third-order valence-electron chi connectivity index (χ3n) is 3.12. The van der Waals surface area contributed by atoms with E-state index in [4.69, 9.17) is 0 Å². The third kappa shape index (κ3) is 2.18. The van der Waals surface area contributed by atoms with Crippen LogP contribution >= 0.6 is 0 Å². The van der Waals surface area contributed by atoms with Crippen LogP contribution in [0.5, 0.6) is 0 Å². The molecule has 1 saturated heterocycles. The Bertz CT molecular complexity index is 216. The number of rotatable bonds is 1. The normalized spacial score (nSPS) is 28.4. The Balaban J connectivity index is 1.77. The molecule has 1 aliphatic heterocycles. The Morgan fingerprint density at radius 3 is 2.64 bits per heavy atom. The lowest BCUT2D eigenvalue weighted by Gasteiger charge is -2.34. The molecular formula is C10H18N2O2. The topological polar surface area (TPSA) is 52.6 Å². The van der Waals surface area contributed by atoms with Crippen LogP contribution in [0.3, 0.4) is 0 Å². The summed E-state index contributed by atoms with van der Waals surface area (Å²) in [5, 5.41) is 12.4. The predicted octanol–water partition coefficient (Wildman–Crippen LogP) is 0.705. The van der Waals surface area contributed by atoms with Crippen LogP contribution in [0.1, 0.15) is 32.1 Å². The number of aliphatic hydroxyl groups excluding tert-OH is 1. The van der Waals surface area contributed by atoms with Crippen LogP contribution in [0.2, 0.25) is 0 Å². The van der Waals surface area contributed by atoms with Crippen molar-refractivity contribution < 1.29 is 9.90 Å². The van der Waals surface area contributed by atoms with Gasteiger partial charge in [0.1, 0.15) is 0 Å². The van der Waals surface area contributed by atoms with Gasteiger partial charge in [-0.3, -0.25) is 0 Å². The standard InChI is InChI=1S/C10H18N2O2/c13-9-5-2-6-12(7-9)10(14)11-8-3-1-4-8/h8-9,13H,1-7H2,(H,11,14)/t9-/m0/s1. The second-order valence-electron chi connectivity index (χ2n) is 4.32. The minimum atomic E-state index is -0.323. The van der Waals surface area contributed by atoms with Gasteiger partial charge in [-0.05, 0) is 32.1 Å². The van der Waals surface area contributed by atoms with Crippen molar-refractivity contribution in [2.45, 2.75) is 44.2 Å². The van der Waals surface area contributed by atoms with Crippen LogP contribution in [0, 0.1) is 0 Å². The van der Waals surface area contributed by atoms with Crippen molar-refractivity contribution in [3.05, 3.63) is 0 Å². The van der Waals surface area contributed by atoms with Crippen LogP contribution in [-0.4, -0.2) is 41.3 Å². The fraction of sp³-hybridized carbons (Fsp3) is 0.900. The number of hydrogen-bond acceptors (Lipinski definition) is 2. The van der Waals surface area contributed by atoms with Gasteiger partial charge in [0, 0.05) is 19.1 Å². The molecule has 80 valence electrons. The van der Waals surface area contributed by atoms with E-state index in [1.54, 1.807) is 4.90 Å². The Hall–Kier alpha value is -0.770. The summed E-state index contributed by atoms with van der Waals surface area (Å²) >= 11 is 0. The number of aliphatic hydroxyl groups is 1. The van der Waals surface area contributed by atoms with Gasteiger partial charge in [-0.2, -0.15) is 0 Å². The Labute approximate surface area is 84.3 Å². The quantitative estimate of drug-likeness (QED) is 0.652. The van der Waals surface area contributed by atoms with Gasteiger partial charge in [-0.25, -0.2) is 4.79 Å². The monoisotopic (exact) mass is 198 g/mol. The smallest absolute Gasteiger partial charge is 0.317 e. The van der Waals surface area contributed by atoms with E-state index >= 15 is 0 Å². The average molecular weight is 198 g/mol. The highest BCUT2D eigenvalue weighted by atomic mass is 16.3. The number of hydrogen-bond donors (Lipinski definition) is 2. The van der Waals surface area contributed by atoms with Crippen molar-refractivity contribution in [3.63, 3.8) is 0 Å². The Morgan fingerprint density at radius 1 is 1.29 bits per heavy atom. The number of carbonyl (C=O) groups is 1. The molecule has 2 fully saturated rings. The summed E-state index contributed by atoms with van der Waals surface area (Å²) < 4.78 is 0. The first-order chi connectivity index (χ1) is 6.75. The fourth-order valence-electron chi connectivity index (χ4n) is 1.96. The number of β-amino-alcohol motifs (C(OH)–C–C–N with tert-alkyl or cyclic N) is 1. The van der Waals surface area contributed by atoms with E-state index < -0.39 is 0 Å². The van der Waals surface area contributed by atoms with Crippen LogP contribution in [-0.2, 0) is 0 Å². The molecule has 2 N–H and O–H groups in total. The highest BCUT2D eigenvalue weighted by Crippen LogP contribution is 2.19. The first-order valence-electron chi connectivity index (χ1n) is 5.49. The highest BCUT2D eigenvalue weighted by molar-refractivity contribution is 5.74. The molecule has 0 aromatic carbocycles. The van der Waals surface area contributed by atoms with E-state index in [-0.39, 0.29) is 12.1 Å². The van der Waals surface area contributed by atoms with Gasteiger partial charge < -0.3 is 15.3 Å². The maximum Gasteiger partial charge on any atom is 0.317 e. The molecule has 1 heterocycles. The van der Waals surface area contributed by atoms with Gasteiger partial charge in [-0.1, -0.05) is 0 Å². The molecule has 2 aliphatic rings. The first-order valence-corrected chi connectivity index (χ1v) is 5.49. The number of urea groups is 1. The number of amides is 2. The lowest BCUT2D eigenvalue weighted by Crippen LogP contribution is -2.51. The number of carbonyl (C=O) groups excluding carboxylic acids is 1. The summed E-state index contributed by atoms with van der Waals surface area (Å²) in [6.45, 7) is 1.29. The van der Waals surface area contributed by atoms with Gasteiger partial charge in [-0.15, -0.1) is 0 Å². The summed E-state index contributed by atoms with van der Waals surface area (Å²) in [5.74, 6) is 0. The minimum absolute atomic E-state index is 0.00782. The maximum atomic E-state index is 11.7. The maximum absolute atomic E-state index is 11.7.